The molecule has 6 heteroatoms. The molecular weight excluding hydrogens is 278 g/mol. The first kappa shape index (κ1) is 15.1. The smallest absolute Gasteiger partial charge is 0.160 e. The molecule has 1 fully saturated rings. The van der Waals surface area contributed by atoms with Gasteiger partial charge in [0.05, 0.1) is 18.6 Å². The Morgan fingerprint density at radius 2 is 2.20 bits per heavy atom. The summed E-state index contributed by atoms with van der Waals surface area (Å²) in [4.78, 5) is 0. The minimum absolute atomic E-state index is 0.00259. The van der Waals surface area contributed by atoms with Crippen LogP contribution in [0, 0.1) is 0 Å². The van der Waals surface area contributed by atoms with Crippen molar-refractivity contribution >= 4 is 9.84 Å². The molecule has 2 rings (SSSR count). The molecule has 112 valence electrons. The van der Waals surface area contributed by atoms with Crippen molar-refractivity contribution in [3.63, 3.8) is 0 Å². The first-order valence-electron chi connectivity index (χ1n) is 6.74. The quantitative estimate of drug-likeness (QED) is 0.884. The van der Waals surface area contributed by atoms with Gasteiger partial charge in [0.2, 0.25) is 0 Å². The number of hydrogen-bond donors (Lipinski definition) is 2. The van der Waals surface area contributed by atoms with Crippen LogP contribution in [0.25, 0.3) is 0 Å². The zero-order valence-corrected chi connectivity index (χ0v) is 12.6. The van der Waals surface area contributed by atoms with E-state index >= 15 is 0 Å². The number of rotatable bonds is 4. The molecule has 0 aliphatic carbocycles. The second kappa shape index (κ2) is 6.01. The van der Waals surface area contributed by atoms with Crippen molar-refractivity contribution in [2.45, 2.75) is 31.8 Å². The van der Waals surface area contributed by atoms with Crippen molar-refractivity contribution in [3.05, 3.63) is 23.8 Å². The van der Waals surface area contributed by atoms with Gasteiger partial charge in [-0.2, -0.15) is 0 Å². The van der Waals surface area contributed by atoms with Crippen molar-refractivity contribution in [2.24, 2.45) is 0 Å². The predicted octanol–water partition coefficient (Wildman–Crippen LogP) is 1.63. The van der Waals surface area contributed by atoms with Gasteiger partial charge in [0.15, 0.2) is 21.3 Å². The minimum atomic E-state index is -2.91. The molecule has 0 radical (unpaired) electrons. The SMILES string of the molecule is COc1cc(C(C)NC2CCCS(=O)(=O)C2)ccc1O. The second-order valence-corrected chi connectivity index (χ2v) is 7.50. The van der Waals surface area contributed by atoms with E-state index in [9.17, 15) is 13.5 Å². The number of aromatic hydroxyl groups is 1. The highest BCUT2D eigenvalue weighted by atomic mass is 32.2. The molecule has 0 bridgehead atoms. The summed E-state index contributed by atoms with van der Waals surface area (Å²) >= 11 is 0. The highest BCUT2D eigenvalue weighted by Crippen LogP contribution is 2.29. The molecule has 0 amide bonds. The van der Waals surface area contributed by atoms with E-state index < -0.39 is 9.84 Å². The molecule has 1 aromatic carbocycles. The number of ether oxygens (including phenoxy) is 1. The van der Waals surface area contributed by atoms with E-state index in [2.05, 4.69) is 5.32 Å². The van der Waals surface area contributed by atoms with Gasteiger partial charge in [-0.15, -0.1) is 0 Å². The lowest BCUT2D eigenvalue weighted by Gasteiger charge is -2.27. The summed E-state index contributed by atoms with van der Waals surface area (Å²) in [7, 11) is -1.40. The normalized spacial score (nSPS) is 23.2. The van der Waals surface area contributed by atoms with Gasteiger partial charge < -0.3 is 15.2 Å². The fraction of sp³-hybridized carbons (Fsp3) is 0.571. The van der Waals surface area contributed by atoms with Gasteiger partial charge >= 0.3 is 0 Å². The lowest BCUT2D eigenvalue weighted by molar-refractivity contribution is 0.371. The van der Waals surface area contributed by atoms with Gasteiger partial charge in [0.25, 0.3) is 0 Å². The van der Waals surface area contributed by atoms with Crippen LogP contribution in [0.15, 0.2) is 18.2 Å². The highest BCUT2D eigenvalue weighted by Gasteiger charge is 2.25. The molecule has 2 unspecified atom stereocenters. The standard InChI is InChI=1S/C14H21NO4S/c1-10(11-5-6-13(16)14(8-11)19-2)15-12-4-3-7-20(17,18)9-12/h5-6,8,10,12,15-16H,3-4,7,9H2,1-2H3. The molecule has 0 saturated carbocycles. The maximum atomic E-state index is 11.6. The Labute approximate surface area is 119 Å². The molecule has 2 N–H and O–H groups in total. The molecule has 0 spiro atoms. The van der Waals surface area contributed by atoms with Gasteiger partial charge in [-0.1, -0.05) is 6.07 Å². The van der Waals surface area contributed by atoms with Crippen LogP contribution in [0.1, 0.15) is 31.4 Å². The van der Waals surface area contributed by atoms with Crippen molar-refractivity contribution < 1.29 is 18.3 Å². The van der Waals surface area contributed by atoms with E-state index in [4.69, 9.17) is 4.74 Å². The third kappa shape index (κ3) is 3.64. The average Bonchev–Trinajstić information content (AvgIpc) is 2.38. The Bertz CT molecular complexity index is 571. The summed E-state index contributed by atoms with van der Waals surface area (Å²) in [6.45, 7) is 1.98. The molecule has 20 heavy (non-hydrogen) atoms. The highest BCUT2D eigenvalue weighted by molar-refractivity contribution is 7.91. The number of methoxy groups -OCH3 is 1. The van der Waals surface area contributed by atoms with Gasteiger partial charge in [0.1, 0.15) is 0 Å². The van der Waals surface area contributed by atoms with Crippen molar-refractivity contribution in [1.29, 1.82) is 0 Å². The summed E-state index contributed by atoms with van der Waals surface area (Å²) in [5.41, 5.74) is 0.961. The molecule has 5 nitrogen and oxygen atoms in total. The van der Waals surface area contributed by atoms with Gasteiger partial charge in [-0.3, -0.25) is 0 Å². The Kier molecular flexibility index (Phi) is 4.55. The maximum absolute atomic E-state index is 11.6. The van der Waals surface area contributed by atoms with Crippen LogP contribution < -0.4 is 10.1 Å². The van der Waals surface area contributed by atoms with E-state index in [1.54, 1.807) is 12.1 Å². The molecule has 1 aliphatic rings. The van der Waals surface area contributed by atoms with Gasteiger partial charge in [-0.05, 0) is 37.5 Å². The van der Waals surface area contributed by atoms with Crippen LogP contribution in [0.3, 0.4) is 0 Å². The fourth-order valence-corrected chi connectivity index (χ4v) is 4.22. The Balaban J connectivity index is 2.06. The third-order valence-electron chi connectivity index (χ3n) is 3.65. The van der Waals surface area contributed by atoms with Crippen molar-refractivity contribution in [1.82, 2.24) is 5.32 Å². The van der Waals surface area contributed by atoms with Crippen LogP contribution in [0.5, 0.6) is 11.5 Å². The summed E-state index contributed by atoms with van der Waals surface area (Å²) in [5, 5.41) is 12.9. The van der Waals surface area contributed by atoms with E-state index in [0.717, 1.165) is 12.0 Å². The number of sulfone groups is 1. The Hall–Kier alpha value is -1.27. The van der Waals surface area contributed by atoms with Crippen LogP contribution in [0.4, 0.5) is 0 Å². The van der Waals surface area contributed by atoms with Gasteiger partial charge in [0, 0.05) is 12.1 Å². The molecule has 1 heterocycles. The lowest BCUT2D eigenvalue weighted by Crippen LogP contribution is -2.41. The molecule has 2 atom stereocenters. The third-order valence-corrected chi connectivity index (χ3v) is 5.47. The summed E-state index contributed by atoms with van der Waals surface area (Å²) in [6.07, 6.45) is 1.59. The molecule has 0 aromatic heterocycles. The predicted molar refractivity (Wildman–Crippen MR) is 77.9 cm³/mol. The first-order valence-corrected chi connectivity index (χ1v) is 8.57. The molecular formula is C14H21NO4S. The Morgan fingerprint density at radius 1 is 1.45 bits per heavy atom. The average molecular weight is 299 g/mol. The van der Waals surface area contributed by atoms with E-state index in [-0.39, 0.29) is 23.6 Å². The number of nitrogens with one attached hydrogen (secondary N) is 1. The zero-order valence-electron chi connectivity index (χ0n) is 11.8. The number of benzene rings is 1. The lowest BCUT2D eigenvalue weighted by atomic mass is 10.1. The Morgan fingerprint density at radius 3 is 2.85 bits per heavy atom. The van der Waals surface area contributed by atoms with Crippen molar-refractivity contribution in [2.75, 3.05) is 18.6 Å². The molecule has 1 aromatic rings. The largest absolute Gasteiger partial charge is 0.504 e. The summed E-state index contributed by atoms with van der Waals surface area (Å²) in [5.74, 6) is 1.02. The monoisotopic (exact) mass is 299 g/mol. The molecule has 1 aliphatic heterocycles. The first-order chi connectivity index (χ1) is 9.41. The summed E-state index contributed by atoms with van der Waals surface area (Å²) in [6, 6.07) is 5.16. The maximum Gasteiger partial charge on any atom is 0.160 e. The second-order valence-electron chi connectivity index (χ2n) is 5.27. The van der Waals surface area contributed by atoms with Crippen LogP contribution >= 0.6 is 0 Å². The topological polar surface area (TPSA) is 75.6 Å². The van der Waals surface area contributed by atoms with E-state index in [0.29, 0.717) is 17.9 Å². The van der Waals surface area contributed by atoms with E-state index in [1.165, 1.54) is 7.11 Å². The number of phenols is 1. The molecule has 1 saturated heterocycles. The number of phenolic OH excluding ortho intramolecular Hbond substituents is 1. The minimum Gasteiger partial charge on any atom is -0.504 e. The summed E-state index contributed by atoms with van der Waals surface area (Å²) < 4.78 is 28.3. The van der Waals surface area contributed by atoms with Crippen LogP contribution in [-0.2, 0) is 9.84 Å². The van der Waals surface area contributed by atoms with E-state index in [1.807, 2.05) is 13.0 Å². The zero-order chi connectivity index (χ0) is 14.8. The van der Waals surface area contributed by atoms with Gasteiger partial charge in [-0.25, -0.2) is 8.42 Å². The van der Waals surface area contributed by atoms with Crippen LogP contribution in [0.2, 0.25) is 0 Å². The van der Waals surface area contributed by atoms with Crippen LogP contribution in [-0.4, -0.2) is 38.2 Å². The number of hydrogen-bond acceptors (Lipinski definition) is 5. The van der Waals surface area contributed by atoms with Crippen molar-refractivity contribution in [3.8, 4) is 11.5 Å². The fourth-order valence-electron chi connectivity index (χ4n) is 2.57.